The maximum Gasteiger partial charge on any atom is 0.340 e. The Bertz CT molecular complexity index is 828. The first-order chi connectivity index (χ1) is 13.2. The summed E-state index contributed by atoms with van der Waals surface area (Å²) in [5.74, 6) is -0.259. The molecule has 1 atom stereocenters. The van der Waals surface area contributed by atoms with Gasteiger partial charge in [-0.15, -0.1) is 11.3 Å². The second-order valence-electron chi connectivity index (χ2n) is 7.03. The lowest BCUT2D eigenvalue weighted by Gasteiger charge is -2.28. The zero-order chi connectivity index (χ0) is 21.1. The van der Waals surface area contributed by atoms with Crippen LogP contribution in [0.15, 0.2) is 4.21 Å². The molecule has 2 rings (SSSR count). The fourth-order valence-corrected chi connectivity index (χ4v) is 6.83. The highest BCUT2D eigenvalue weighted by Gasteiger charge is 2.36. The molecule has 1 aromatic rings. The molecule has 9 heteroatoms. The number of amides is 1. The molecule has 1 aliphatic rings. The van der Waals surface area contributed by atoms with Crippen molar-refractivity contribution in [1.29, 1.82) is 0 Å². The topological polar surface area (TPSA) is 84.0 Å². The molecular weight excluding hydrogens is 400 g/mol. The number of carbonyl (C=O) groups is 2. The third kappa shape index (κ3) is 4.41. The second kappa shape index (κ2) is 9.37. The first-order valence-corrected chi connectivity index (χ1v) is 12.0. The van der Waals surface area contributed by atoms with Crippen molar-refractivity contribution in [2.75, 3.05) is 26.7 Å². The monoisotopic (exact) mass is 430 g/mol. The van der Waals surface area contributed by atoms with E-state index in [2.05, 4.69) is 6.92 Å². The molecule has 0 spiro atoms. The summed E-state index contributed by atoms with van der Waals surface area (Å²) in [5, 5.41) is 0. The maximum absolute atomic E-state index is 13.1. The van der Waals surface area contributed by atoms with Crippen molar-refractivity contribution in [2.24, 2.45) is 5.92 Å². The summed E-state index contributed by atoms with van der Waals surface area (Å²) < 4.78 is 32.5. The molecule has 7 nitrogen and oxygen atoms in total. The van der Waals surface area contributed by atoms with E-state index in [4.69, 9.17) is 4.74 Å². The van der Waals surface area contributed by atoms with E-state index < -0.39 is 16.0 Å². The van der Waals surface area contributed by atoms with E-state index in [9.17, 15) is 18.0 Å². The van der Waals surface area contributed by atoms with E-state index in [1.54, 1.807) is 18.7 Å². The number of esters is 1. The van der Waals surface area contributed by atoms with Crippen LogP contribution in [0.3, 0.4) is 0 Å². The van der Waals surface area contributed by atoms with Gasteiger partial charge in [-0.3, -0.25) is 4.79 Å². The summed E-state index contributed by atoms with van der Waals surface area (Å²) in [4.78, 5) is 27.5. The number of rotatable bonds is 8. The van der Waals surface area contributed by atoms with Gasteiger partial charge in [-0.2, -0.15) is 4.31 Å². The minimum atomic E-state index is -3.79. The lowest BCUT2D eigenvalue weighted by Crippen LogP contribution is -2.36. The molecule has 0 saturated heterocycles. The highest BCUT2D eigenvalue weighted by Crippen LogP contribution is 2.38. The Morgan fingerprint density at radius 1 is 1.25 bits per heavy atom. The molecule has 158 valence electrons. The third-order valence-electron chi connectivity index (χ3n) is 5.27. The van der Waals surface area contributed by atoms with Crippen molar-refractivity contribution in [3.05, 3.63) is 16.0 Å². The SMILES string of the molecule is CCC(C)CC(=O)N1CCc2c(sc(S(=O)(=O)N(CC)CC)c2C(=O)OC)C1. The standard InChI is InChI=1S/C19H30N2O5S2/c1-6-13(4)11-16(22)20-10-9-14-15(12-20)27-19(17(14)18(23)26-5)28(24,25)21(7-2)8-3/h13H,6-12H2,1-5H3. The summed E-state index contributed by atoms with van der Waals surface area (Å²) >= 11 is 1.09. The van der Waals surface area contributed by atoms with Crippen LogP contribution in [-0.4, -0.2) is 56.2 Å². The Balaban J connectivity index is 2.45. The van der Waals surface area contributed by atoms with Crippen LogP contribution in [0.1, 0.15) is 61.3 Å². The van der Waals surface area contributed by atoms with Crippen molar-refractivity contribution in [3.8, 4) is 0 Å². The molecule has 28 heavy (non-hydrogen) atoms. The largest absolute Gasteiger partial charge is 0.465 e. The number of nitrogens with zero attached hydrogens (tertiary/aromatic N) is 2. The van der Waals surface area contributed by atoms with Crippen molar-refractivity contribution < 1.29 is 22.7 Å². The fourth-order valence-electron chi connectivity index (χ4n) is 3.33. The average Bonchev–Trinajstić information content (AvgIpc) is 3.07. The molecule has 2 heterocycles. The average molecular weight is 431 g/mol. The van der Waals surface area contributed by atoms with Crippen molar-refractivity contribution >= 4 is 33.2 Å². The van der Waals surface area contributed by atoms with Gasteiger partial charge in [0.15, 0.2) is 0 Å². The zero-order valence-corrected chi connectivity index (χ0v) is 18.9. The van der Waals surface area contributed by atoms with Gasteiger partial charge in [0, 0.05) is 30.9 Å². The quantitative estimate of drug-likeness (QED) is 0.592. The molecule has 0 fully saturated rings. The van der Waals surface area contributed by atoms with Crippen molar-refractivity contribution in [2.45, 2.75) is 57.7 Å². The summed E-state index contributed by atoms with van der Waals surface area (Å²) in [5.41, 5.74) is 0.846. The van der Waals surface area contributed by atoms with Crippen LogP contribution in [-0.2, 0) is 32.5 Å². The number of fused-ring (bicyclic) bond motifs is 1. The molecule has 0 radical (unpaired) electrons. The van der Waals surface area contributed by atoms with Gasteiger partial charge in [0.1, 0.15) is 4.21 Å². The van der Waals surface area contributed by atoms with Gasteiger partial charge in [0.2, 0.25) is 5.91 Å². The van der Waals surface area contributed by atoms with Gasteiger partial charge in [-0.05, 0) is 17.9 Å². The summed E-state index contributed by atoms with van der Waals surface area (Å²) in [6.45, 7) is 9.09. The number of methoxy groups -OCH3 is 1. The molecule has 0 aromatic carbocycles. The van der Waals surface area contributed by atoms with Crippen LogP contribution >= 0.6 is 11.3 Å². The Morgan fingerprint density at radius 3 is 2.43 bits per heavy atom. The summed E-state index contributed by atoms with van der Waals surface area (Å²) in [6.07, 6.45) is 1.87. The lowest BCUT2D eigenvalue weighted by atomic mass is 10.0. The van der Waals surface area contributed by atoms with Gasteiger partial charge < -0.3 is 9.64 Å². The second-order valence-corrected chi connectivity index (χ2v) is 10.3. The summed E-state index contributed by atoms with van der Waals surface area (Å²) in [6, 6.07) is 0. The van der Waals surface area contributed by atoms with Gasteiger partial charge in [0.05, 0.1) is 19.2 Å². The predicted octanol–water partition coefficient (Wildman–Crippen LogP) is 2.89. The molecule has 0 N–H and O–H groups in total. The smallest absolute Gasteiger partial charge is 0.340 e. The zero-order valence-electron chi connectivity index (χ0n) is 17.3. The normalized spacial score (nSPS) is 15.4. The van der Waals surface area contributed by atoms with Gasteiger partial charge >= 0.3 is 5.97 Å². The minimum absolute atomic E-state index is 0.0317. The molecule has 0 aliphatic carbocycles. The Kier molecular flexibility index (Phi) is 7.64. The van der Waals surface area contributed by atoms with E-state index in [-0.39, 0.29) is 15.7 Å². The van der Waals surface area contributed by atoms with Crippen LogP contribution < -0.4 is 0 Å². The first kappa shape index (κ1) is 22.8. The highest BCUT2D eigenvalue weighted by molar-refractivity contribution is 7.91. The van der Waals surface area contributed by atoms with Crippen LogP contribution in [0.5, 0.6) is 0 Å². The number of sulfonamides is 1. The maximum atomic E-state index is 13.1. The number of hydrogen-bond acceptors (Lipinski definition) is 6. The molecule has 0 saturated carbocycles. The first-order valence-electron chi connectivity index (χ1n) is 9.71. The molecular formula is C19H30N2O5S2. The van der Waals surface area contributed by atoms with Crippen molar-refractivity contribution in [3.63, 3.8) is 0 Å². The third-order valence-corrected chi connectivity index (χ3v) is 9.03. The van der Waals surface area contributed by atoms with E-state index in [1.807, 2.05) is 6.92 Å². The predicted molar refractivity (Wildman–Crippen MR) is 109 cm³/mol. The number of hydrogen-bond donors (Lipinski definition) is 0. The van der Waals surface area contributed by atoms with Gasteiger partial charge in [-0.25, -0.2) is 13.2 Å². The Labute approximate surface area is 171 Å². The number of carbonyl (C=O) groups excluding carboxylic acids is 2. The molecule has 1 aliphatic heterocycles. The molecule has 1 unspecified atom stereocenters. The lowest BCUT2D eigenvalue weighted by molar-refractivity contribution is -0.133. The minimum Gasteiger partial charge on any atom is -0.465 e. The van der Waals surface area contributed by atoms with E-state index in [1.165, 1.54) is 11.4 Å². The molecule has 1 amide bonds. The van der Waals surface area contributed by atoms with Gasteiger partial charge in [0.25, 0.3) is 10.0 Å². The highest BCUT2D eigenvalue weighted by atomic mass is 32.2. The van der Waals surface area contributed by atoms with Crippen LogP contribution in [0.4, 0.5) is 0 Å². The summed E-state index contributed by atoms with van der Waals surface area (Å²) in [7, 11) is -2.54. The Hall–Kier alpha value is -1.45. The Morgan fingerprint density at radius 2 is 1.89 bits per heavy atom. The van der Waals surface area contributed by atoms with Crippen LogP contribution in [0, 0.1) is 5.92 Å². The fraction of sp³-hybridized carbons (Fsp3) is 0.684. The van der Waals surface area contributed by atoms with Gasteiger partial charge in [-0.1, -0.05) is 34.1 Å². The van der Waals surface area contributed by atoms with E-state index >= 15 is 0 Å². The van der Waals surface area contributed by atoms with E-state index in [0.717, 1.165) is 22.6 Å². The van der Waals surface area contributed by atoms with Crippen molar-refractivity contribution in [1.82, 2.24) is 9.21 Å². The molecule has 1 aromatic heterocycles. The number of ether oxygens (including phenoxy) is 1. The molecule has 0 bridgehead atoms. The van der Waals surface area contributed by atoms with Crippen LogP contribution in [0.2, 0.25) is 0 Å². The number of thiophene rings is 1. The van der Waals surface area contributed by atoms with E-state index in [0.29, 0.717) is 50.5 Å². The van der Waals surface area contributed by atoms with Crippen LogP contribution in [0.25, 0.3) is 0 Å².